The van der Waals surface area contributed by atoms with Gasteiger partial charge in [-0.1, -0.05) is 19.8 Å². The fourth-order valence-electron chi connectivity index (χ4n) is 2.79. The zero-order chi connectivity index (χ0) is 12.5. The lowest BCUT2D eigenvalue weighted by Gasteiger charge is -2.20. The third-order valence-corrected chi connectivity index (χ3v) is 4.37. The summed E-state index contributed by atoms with van der Waals surface area (Å²) in [6, 6.07) is 0.684. The van der Waals surface area contributed by atoms with Crippen LogP contribution in [0, 0.1) is 5.92 Å². The van der Waals surface area contributed by atoms with E-state index in [1.807, 2.05) is 0 Å². The summed E-state index contributed by atoms with van der Waals surface area (Å²) in [6.45, 7) is 8.64. The zero-order valence-corrected chi connectivity index (χ0v) is 12.2. The highest BCUT2D eigenvalue weighted by atomic mass is 15.1. The quantitative estimate of drug-likeness (QED) is 0.687. The smallest absolute Gasteiger partial charge is 0.00357 e. The van der Waals surface area contributed by atoms with Crippen molar-refractivity contribution in [3.8, 4) is 0 Å². The van der Waals surface area contributed by atoms with E-state index in [0.717, 1.165) is 5.92 Å². The average molecular weight is 240 g/mol. The molecule has 1 N–H and O–H groups in total. The molecule has 102 valence electrons. The van der Waals surface area contributed by atoms with Crippen molar-refractivity contribution in [3.05, 3.63) is 0 Å². The van der Waals surface area contributed by atoms with Gasteiger partial charge in [-0.15, -0.1) is 0 Å². The van der Waals surface area contributed by atoms with Crippen LogP contribution < -0.4 is 5.32 Å². The van der Waals surface area contributed by atoms with Crippen LogP contribution in [-0.2, 0) is 0 Å². The van der Waals surface area contributed by atoms with Gasteiger partial charge >= 0.3 is 0 Å². The van der Waals surface area contributed by atoms with Gasteiger partial charge in [0.15, 0.2) is 0 Å². The Bertz CT molecular complexity index is 182. The summed E-state index contributed by atoms with van der Waals surface area (Å²) in [5.41, 5.74) is 0. The Morgan fingerprint density at radius 2 is 2.06 bits per heavy atom. The molecule has 1 heterocycles. The first-order valence-electron chi connectivity index (χ1n) is 7.65. The second-order valence-electron chi connectivity index (χ2n) is 5.73. The van der Waals surface area contributed by atoms with Crippen molar-refractivity contribution < 1.29 is 0 Å². The van der Waals surface area contributed by atoms with Crippen molar-refractivity contribution in [3.63, 3.8) is 0 Å². The van der Waals surface area contributed by atoms with E-state index in [4.69, 9.17) is 0 Å². The van der Waals surface area contributed by atoms with Crippen molar-refractivity contribution in [2.75, 3.05) is 26.7 Å². The van der Waals surface area contributed by atoms with E-state index in [9.17, 15) is 0 Å². The SMILES string of the molecule is CCC1CCCN(CCCCC(C)NC)CC1. The third-order valence-electron chi connectivity index (χ3n) is 4.37. The Kier molecular flexibility index (Phi) is 7.87. The van der Waals surface area contributed by atoms with Crippen LogP contribution in [0.2, 0.25) is 0 Å². The third kappa shape index (κ3) is 6.42. The summed E-state index contributed by atoms with van der Waals surface area (Å²) in [5.74, 6) is 1.00. The number of rotatable bonds is 7. The molecule has 0 aromatic rings. The number of nitrogens with zero attached hydrogens (tertiary/aromatic N) is 1. The summed E-state index contributed by atoms with van der Waals surface area (Å²) in [4.78, 5) is 2.69. The van der Waals surface area contributed by atoms with E-state index in [0.29, 0.717) is 6.04 Å². The summed E-state index contributed by atoms with van der Waals surface area (Å²) >= 11 is 0. The Labute approximate surface area is 108 Å². The lowest BCUT2D eigenvalue weighted by atomic mass is 9.98. The molecule has 0 saturated carbocycles. The molecule has 17 heavy (non-hydrogen) atoms. The minimum atomic E-state index is 0.684. The van der Waals surface area contributed by atoms with Gasteiger partial charge in [-0.2, -0.15) is 0 Å². The van der Waals surface area contributed by atoms with Crippen LogP contribution in [0.5, 0.6) is 0 Å². The number of likely N-dealkylation sites (tertiary alicyclic amines) is 1. The zero-order valence-electron chi connectivity index (χ0n) is 12.2. The van der Waals surface area contributed by atoms with Gasteiger partial charge in [-0.25, -0.2) is 0 Å². The average Bonchev–Trinajstić information content (AvgIpc) is 2.59. The molecule has 0 spiro atoms. The Hall–Kier alpha value is -0.0800. The molecule has 1 aliphatic heterocycles. The van der Waals surface area contributed by atoms with Gasteiger partial charge in [-0.3, -0.25) is 0 Å². The predicted molar refractivity (Wildman–Crippen MR) is 76.4 cm³/mol. The van der Waals surface area contributed by atoms with Crippen LogP contribution in [0.3, 0.4) is 0 Å². The maximum absolute atomic E-state index is 3.31. The molecular formula is C15H32N2. The van der Waals surface area contributed by atoms with Crippen LogP contribution in [0.25, 0.3) is 0 Å². The molecule has 0 radical (unpaired) electrons. The van der Waals surface area contributed by atoms with E-state index in [1.165, 1.54) is 64.6 Å². The van der Waals surface area contributed by atoms with Crippen molar-refractivity contribution in [1.82, 2.24) is 10.2 Å². The molecule has 0 bridgehead atoms. The highest BCUT2D eigenvalue weighted by Crippen LogP contribution is 2.20. The van der Waals surface area contributed by atoms with Gasteiger partial charge in [0.2, 0.25) is 0 Å². The number of unbranched alkanes of at least 4 members (excludes halogenated alkanes) is 1. The molecule has 2 atom stereocenters. The summed E-state index contributed by atoms with van der Waals surface area (Å²) < 4.78 is 0. The van der Waals surface area contributed by atoms with Crippen LogP contribution >= 0.6 is 0 Å². The van der Waals surface area contributed by atoms with Gasteiger partial charge in [0.1, 0.15) is 0 Å². The number of nitrogens with one attached hydrogen (secondary N) is 1. The van der Waals surface area contributed by atoms with Gasteiger partial charge < -0.3 is 10.2 Å². The van der Waals surface area contributed by atoms with E-state index in [2.05, 4.69) is 31.1 Å². The first-order chi connectivity index (χ1) is 8.26. The van der Waals surface area contributed by atoms with Crippen LogP contribution in [0.1, 0.15) is 58.8 Å². The highest BCUT2D eigenvalue weighted by Gasteiger charge is 2.14. The van der Waals surface area contributed by atoms with Gasteiger partial charge in [0.25, 0.3) is 0 Å². The maximum atomic E-state index is 3.31. The van der Waals surface area contributed by atoms with Crippen LogP contribution in [-0.4, -0.2) is 37.6 Å². The summed E-state index contributed by atoms with van der Waals surface area (Å²) in [7, 11) is 2.06. The topological polar surface area (TPSA) is 15.3 Å². The standard InChI is InChI=1S/C15H32N2/c1-4-15-9-7-12-17(13-10-15)11-6-5-8-14(2)16-3/h14-16H,4-13H2,1-3H3. The molecule has 2 unspecified atom stereocenters. The summed E-state index contributed by atoms with van der Waals surface area (Å²) in [5, 5.41) is 3.31. The van der Waals surface area contributed by atoms with Gasteiger partial charge in [-0.05, 0) is 71.6 Å². The summed E-state index contributed by atoms with van der Waals surface area (Å²) in [6.07, 6.45) is 9.77. The normalized spacial score (nSPS) is 24.5. The van der Waals surface area contributed by atoms with E-state index < -0.39 is 0 Å². The van der Waals surface area contributed by atoms with Crippen molar-refractivity contribution >= 4 is 0 Å². The van der Waals surface area contributed by atoms with Crippen LogP contribution in [0.4, 0.5) is 0 Å². The molecule has 0 amide bonds. The second kappa shape index (κ2) is 8.93. The van der Waals surface area contributed by atoms with Crippen molar-refractivity contribution in [2.45, 2.75) is 64.8 Å². The molecule has 0 aromatic carbocycles. The van der Waals surface area contributed by atoms with E-state index in [1.54, 1.807) is 0 Å². The Balaban J connectivity index is 2.07. The van der Waals surface area contributed by atoms with Crippen LogP contribution in [0.15, 0.2) is 0 Å². The molecule has 1 fully saturated rings. The van der Waals surface area contributed by atoms with Gasteiger partial charge in [0.05, 0.1) is 0 Å². The van der Waals surface area contributed by atoms with Crippen molar-refractivity contribution in [2.24, 2.45) is 5.92 Å². The molecule has 2 nitrogen and oxygen atoms in total. The van der Waals surface area contributed by atoms with Crippen molar-refractivity contribution in [1.29, 1.82) is 0 Å². The highest BCUT2D eigenvalue weighted by molar-refractivity contribution is 4.69. The predicted octanol–water partition coefficient (Wildman–Crippen LogP) is 3.28. The molecule has 1 saturated heterocycles. The molecule has 1 aliphatic rings. The first kappa shape index (κ1) is 15.0. The molecule has 2 heteroatoms. The molecule has 0 aliphatic carbocycles. The molecule has 0 aromatic heterocycles. The number of hydrogen-bond acceptors (Lipinski definition) is 2. The minimum Gasteiger partial charge on any atom is -0.317 e. The lowest BCUT2D eigenvalue weighted by Crippen LogP contribution is -2.26. The minimum absolute atomic E-state index is 0.684. The Morgan fingerprint density at radius 3 is 2.76 bits per heavy atom. The first-order valence-corrected chi connectivity index (χ1v) is 7.65. The van der Waals surface area contributed by atoms with Gasteiger partial charge in [0, 0.05) is 6.04 Å². The van der Waals surface area contributed by atoms with E-state index in [-0.39, 0.29) is 0 Å². The monoisotopic (exact) mass is 240 g/mol. The van der Waals surface area contributed by atoms with E-state index >= 15 is 0 Å². The fourth-order valence-corrected chi connectivity index (χ4v) is 2.79. The maximum Gasteiger partial charge on any atom is 0.00357 e. The fraction of sp³-hybridized carbons (Fsp3) is 1.00. The molecule has 1 rings (SSSR count). The number of hydrogen-bond donors (Lipinski definition) is 1. The lowest BCUT2D eigenvalue weighted by molar-refractivity contribution is 0.272. The Morgan fingerprint density at radius 1 is 1.24 bits per heavy atom. The largest absolute Gasteiger partial charge is 0.317 e. The molecular weight excluding hydrogens is 208 g/mol. The second-order valence-corrected chi connectivity index (χ2v) is 5.73.